The number of anilines is 1. The number of rotatable bonds is 4. The fraction of sp³-hybridized carbons (Fsp3) is 0.118. The maximum absolute atomic E-state index is 5.98. The van der Waals surface area contributed by atoms with Gasteiger partial charge in [0, 0.05) is 29.6 Å². The van der Waals surface area contributed by atoms with E-state index in [-0.39, 0.29) is 0 Å². The minimum Gasteiger partial charge on any atom is -0.381 e. The number of halogens is 1. The molecule has 0 aliphatic carbocycles. The van der Waals surface area contributed by atoms with Crippen molar-refractivity contribution in [1.82, 2.24) is 9.78 Å². The Morgan fingerprint density at radius 3 is 2.81 bits per heavy atom. The molecule has 1 N–H and O–H groups in total. The quantitative estimate of drug-likeness (QED) is 0.771. The molecule has 0 saturated carbocycles. The van der Waals surface area contributed by atoms with E-state index in [2.05, 4.69) is 35.5 Å². The van der Waals surface area contributed by atoms with Gasteiger partial charge in [0.2, 0.25) is 0 Å². The van der Waals surface area contributed by atoms with Crippen LogP contribution in [0.5, 0.6) is 0 Å². The molecule has 0 spiro atoms. The highest BCUT2D eigenvalue weighted by Gasteiger charge is 2.01. The van der Waals surface area contributed by atoms with Crippen LogP contribution in [0, 0.1) is 6.92 Å². The molecule has 2 aromatic carbocycles. The molecule has 0 aliphatic heterocycles. The third-order valence-electron chi connectivity index (χ3n) is 3.40. The van der Waals surface area contributed by atoms with Crippen molar-refractivity contribution in [2.24, 2.45) is 0 Å². The highest BCUT2D eigenvalue weighted by atomic mass is 35.5. The van der Waals surface area contributed by atoms with Crippen molar-refractivity contribution in [1.29, 1.82) is 0 Å². The standard InChI is InChI=1S/C17H16ClN3/c1-13-10-15(18)7-6-14(13)12-19-16-4-2-5-17(11-16)21-9-3-8-20-21/h2-11,19H,12H2,1H3. The lowest BCUT2D eigenvalue weighted by Crippen LogP contribution is -2.02. The Morgan fingerprint density at radius 1 is 1.14 bits per heavy atom. The molecule has 0 atom stereocenters. The lowest BCUT2D eigenvalue weighted by Gasteiger charge is -2.11. The van der Waals surface area contributed by atoms with Crippen LogP contribution in [0.4, 0.5) is 5.69 Å². The molecule has 0 saturated heterocycles. The summed E-state index contributed by atoms with van der Waals surface area (Å²) in [6.07, 6.45) is 3.71. The van der Waals surface area contributed by atoms with Crippen LogP contribution in [0.3, 0.4) is 0 Å². The molecule has 3 aromatic rings. The predicted octanol–water partition coefficient (Wildman–Crippen LogP) is 4.45. The van der Waals surface area contributed by atoms with Crippen molar-refractivity contribution < 1.29 is 0 Å². The van der Waals surface area contributed by atoms with E-state index in [0.29, 0.717) is 0 Å². The first-order valence-corrected chi connectivity index (χ1v) is 7.19. The molecule has 0 radical (unpaired) electrons. The molecule has 0 bridgehead atoms. The maximum atomic E-state index is 5.98. The van der Waals surface area contributed by atoms with Crippen molar-refractivity contribution in [3.63, 3.8) is 0 Å². The van der Waals surface area contributed by atoms with E-state index >= 15 is 0 Å². The molecule has 0 aliphatic rings. The van der Waals surface area contributed by atoms with Crippen LogP contribution in [-0.2, 0) is 6.54 Å². The number of hydrogen-bond acceptors (Lipinski definition) is 2. The van der Waals surface area contributed by atoms with Gasteiger partial charge in [0.05, 0.1) is 5.69 Å². The first kappa shape index (κ1) is 13.7. The summed E-state index contributed by atoms with van der Waals surface area (Å²) in [5.74, 6) is 0. The highest BCUT2D eigenvalue weighted by molar-refractivity contribution is 6.30. The van der Waals surface area contributed by atoms with Crippen LogP contribution in [0.1, 0.15) is 11.1 Å². The molecule has 3 rings (SSSR count). The molecular weight excluding hydrogens is 282 g/mol. The van der Waals surface area contributed by atoms with E-state index in [9.17, 15) is 0 Å². The topological polar surface area (TPSA) is 29.9 Å². The molecule has 106 valence electrons. The zero-order valence-electron chi connectivity index (χ0n) is 11.8. The summed E-state index contributed by atoms with van der Waals surface area (Å²) in [5.41, 5.74) is 4.54. The van der Waals surface area contributed by atoms with E-state index in [1.54, 1.807) is 6.20 Å². The summed E-state index contributed by atoms with van der Waals surface area (Å²) < 4.78 is 1.85. The number of hydrogen-bond donors (Lipinski definition) is 1. The Balaban J connectivity index is 1.75. The minimum atomic E-state index is 0.769. The van der Waals surface area contributed by atoms with Crippen LogP contribution in [0.15, 0.2) is 60.9 Å². The fourth-order valence-electron chi connectivity index (χ4n) is 2.23. The van der Waals surface area contributed by atoms with Crippen LogP contribution < -0.4 is 5.32 Å². The second-order valence-electron chi connectivity index (χ2n) is 4.93. The summed E-state index contributed by atoms with van der Waals surface area (Å²) in [4.78, 5) is 0. The third-order valence-corrected chi connectivity index (χ3v) is 3.64. The molecule has 0 fully saturated rings. The van der Waals surface area contributed by atoms with Crippen molar-refractivity contribution in [2.75, 3.05) is 5.32 Å². The Bertz CT molecular complexity index is 736. The molecular formula is C17H16ClN3. The van der Waals surface area contributed by atoms with E-state index in [1.165, 1.54) is 11.1 Å². The number of aromatic nitrogens is 2. The van der Waals surface area contributed by atoms with Crippen LogP contribution >= 0.6 is 11.6 Å². The Labute approximate surface area is 129 Å². The van der Waals surface area contributed by atoms with Gasteiger partial charge >= 0.3 is 0 Å². The molecule has 4 heteroatoms. The SMILES string of the molecule is Cc1cc(Cl)ccc1CNc1cccc(-n2cccn2)c1. The molecule has 1 aromatic heterocycles. The van der Waals surface area contributed by atoms with Gasteiger partial charge in [-0.25, -0.2) is 4.68 Å². The van der Waals surface area contributed by atoms with Gasteiger partial charge in [0.1, 0.15) is 0 Å². The minimum absolute atomic E-state index is 0.769. The third kappa shape index (κ3) is 3.26. The summed E-state index contributed by atoms with van der Waals surface area (Å²) >= 11 is 5.98. The fourth-order valence-corrected chi connectivity index (χ4v) is 2.46. The molecule has 21 heavy (non-hydrogen) atoms. The van der Waals surface area contributed by atoms with Gasteiger partial charge in [-0.05, 0) is 54.4 Å². The monoisotopic (exact) mass is 297 g/mol. The lowest BCUT2D eigenvalue weighted by atomic mass is 10.1. The van der Waals surface area contributed by atoms with Gasteiger partial charge in [-0.1, -0.05) is 23.7 Å². The van der Waals surface area contributed by atoms with Gasteiger partial charge in [-0.3, -0.25) is 0 Å². The molecule has 0 unspecified atom stereocenters. The van der Waals surface area contributed by atoms with Gasteiger partial charge in [0.15, 0.2) is 0 Å². The molecule has 0 amide bonds. The maximum Gasteiger partial charge on any atom is 0.0666 e. The predicted molar refractivity (Wildman–Crippen MR) is 87.1 cm³/mol. The van der Waals surface area contributed by atoms with Gasteiger partial charge in [0.25, 0.3) is 0 Å². The highest BCUT2D eigenvalue weighted by Crippen LogP contribution is 2.18. The summed E-state index contributed by atoms with van der Waals surface area (Å²) in [6, 6.07) is 16.1. The number of benzene rings is 2. The van der Waals surface area contributed by atoms with Crippen molar-refractivity contribution in [2.45, 2.75) is 13.5 Å². The van der Waals surface area contributed by atoms with Crippen LogP contribution in [-0.4, -0.2) is 9.78 Å². The van der Waals surface area contributed by atoms with Gasteiger partial charge in [-0.15, -0.1) is 0 Å². The zero-order chi connectivity index (χ0) is 14.7. The number of aryl methyl sites for hydroxylation is 1. The zero-order valence-corrected chi connectivity index (χ0v) is 12.5. The average Bonchev–Trinajstić information content (AvgIpc) is 3.01. The molecule has 3 nitrogen and oxygen atoms in total. The summed E-state index contributed by atoms with van der Waals surface area (Å²) in [5, 5.41) is 8.46. The van der Waals surface area contributed by atoms with E-state index in [4.69, 9.17) is 11.6 Å². The summed E-state index contributed by atoms with van der Waals surface area (Å²) in [6.45, 7) is 2.84. The van der Waals surface area contributed by atoms with Crippen molar-refractivity contribution in [3.05, 3.63) is 77.1 Å². The Kier molecular flexibility index (Phi) is 3.93. The average molecular weight is 298 g/mol. The van der Waals surface area contributed by atoms with Crippen molar-refractivity contribution in [3.8, 4) is 5.69 Å². The lowest BCUT2D eigenvalue weighted by molar-refractivity contribution is 0.880. The van der Waals surface area contributed by atoms with Crippen molar-refractivity contribution >= 4 is 17.3 Å². The Morgan fingerprint density at radius 2 is 2.05 bits per heavy atom. The normalized spacial score (nSPS) is 10.6. The first-order valence-electron chi connectivity index (χ1n) is 6.81. The summed E-state index contributed by atoms with van der Waals surface area (Å²) in [7, 11) is 0. The Hall–Kier alpha value is -2.26. The first-order chi connectivity index (χ1) is 10.2. The van der Waals surface area contributed by atoms with Crippen LogP contribution in [0.25, 0.3) is 5.69 Å². The van der Waals surface area contributed by atoms with E-state index in [0.717, 1.165) is 22.9 Å². The van der Waals surface area contributed by atoms with Gasteiger partial charge < -0.3 is 5.32 Å². The number of nitrogens with one attached hydrogen (secondary N) is 1. The van der Waals surface area contributed by atoms with Gasteiger partial charge in [-0.2, -0.15) is 5.10 Å². The second-order valence-corrected chi connectivity index (χ2v) is 5.36. The van der Waals surface area contributed by atoms with E-state index < -0.39 is 0 Å². The molecule has 1 heterocycles. The smallest absolute Gasteiger partial charge is 0.0666 e. The van der Waals surface area contributed by atoms with E-state index in [1.807, 2.05) is 41.2 Å². The largest absolute Gasteiger partial charge is 0.381 e. The van der Waals surface area contributed by atoms with Crippen LogP contribution in [0.2, 0.25) is 5.02 Å². The second kappa shape index (κ2) is 6.02. The number of nitrogens with zero attached hydrogens (tertiary/aromatic N) is 2.